The van der Waals surface area contributed by atoms with Gasteiger partial charge in [-0.2, -0.15) is 0 Å². The summed E-state index contributed by atoms with van der Waals surface area (Å²) in [5.41, 5.74) is 3.90. The molecule has 1 N–H and O–H groups in total. The number of nitrogens with zero attached hydrogens (tertiary/aromatic N) is 5. The smallest absolute Gasteiger partial charge is 0.229 e. The summed E-state index contributed by atoms with van der Waals surface area (Å²) >= 11 is 6.38. The number of aromatic nitrogens is 4. The fourth-order valence-corrected chi connectivity index (χ4v) is 6.03. The van der Waals surface area contributed by atoms with E-state index < -0.39 is 0 Å². The summed E-state index contributed by atoms with van der Waals surface area (Å²) in [6.07, 6.45) is 8.14. The number of halogens is 1. The molecule has 6 rings (SSSR count). The third-order valence-corrected chi connectivity index (χ3v) is 8.42. The number of nitrogens with one attached hydrogen (secondary N) is 1. The zero-order valence-corrected chi connectivity index (χ0v) is 21.7. The molecule has 1 spiro atoms. The van der Waals surface area contributed by atoms with E-state index in [-0.39, 0.29) is 23.3 Å². The van der Waals surface area contributed by atoms with E-state index in [1.54, 1.807) is 19.4 Å². The van der Waals surface area contributed by atoms with E-state index in [2.05, 4.69) is 27.1 Å². The molecule has 0 radical (unpaired) electrons. The Kier molecular flexibility index (Phi) is 5.67. The molecule has 3 aromatic rings. The Morgan fingerprint density at radius 2 is 2.14 bits per heavy atom. The van der Waals surface area contributed by atoms with Gasteiger partial charge in [0.25, 0.3) is 0 Å². The summed E-state index contributed by atoms with van der Waals surface area (Å²) in [5, 5.41) is 4.14. The Morgan fingerprint density at radius 3 is 2.86 bits per heavy atom. The second kappa shape index (κ2) is 8.76. The quantitative estimate of drug-likeness (QED) is 0.531. The summed E-state index contributed by atoms with van der Waals surface area (Å²) in [7, 11) is 1.56. The number of amides is 1. The lowest BCUT2D eigenvalue weighted by molar-refractivity contribution is -0.131. The Morgan fingerprint density at radius 1 is 1.31 bits per heavy atom. The zero-order valence-electron chi connectivity index (χ0n) is 20.9. The second-order valence-electron chi connectivity index (χ2n) is 10.4. The normalized spacial score (nSPS) is 20.4. The summed E-state index contributed by atoms with van der Waals surface area (Å²) in [4.78, 5) is 29.3. The topological polar surface area (TPSA) is 85.2 Å². The number of hydrogen-bond acceptors (Lipinski definition) is 6. The number of ether oxygens (including phenoxy) is 1. The van der Waals surface area contributed by atoms with Crippen LogP contribution in [0.15, 0.2) is 30.6 Å². The third-order valence-electron chi connectivity index (χ3n) is 8.10. The average molecular weight is 507 g/mol. The molecule has 3 aliphatic rings. The highest BCUT2D eigenvalue weighted by atomic mass is 35.5. The number of methoxy groups -OCH3 is 1. The highest BCUT2D eigenvalue weighted by Gasteiger charge is 2.56. The number of hydrogen-bond donors (Lipinski definition) is 1. The lowest BCUT2D eigenvalue weighted by Gasteiger charge is -2.22. The van der Waals surface area contributed by atoms with Gasteiger partial charge in [0.1, 0.15) is 11.6 Å². The van der Waals surface area contributed by atoms with Gasteiger partial charge in [-0.25, -0.2) is 15.0 Å². The van der Waals surface area contributed by atoms with Gasteiger partial charge in [0.05, 0.1) is 29.8 Å². The molecule has 2 fully saturated rings. The van der Waals surface area contributed by atoms with E-state index in [1.807, 2.05) is 24.8 Å². The van der Waals surface area contributed by atoms with Crippen LogP contribution in [0.25, 0.3) is 11.3 Å². The fourth-order valence-electron chi connectivity index (χ4n) is 5.76. The van der Waals surface area contributed by atoms with E-state index in [0.717, 1.165) is 60.7 Å². The van der Waals surface area contributed by atoms with Crippen molar-refractivity contribution >= 4 is 23.3 Å². The van der Waals surface area contributed by atoms with E-state index in [9.17, 15) is 4.79 Å². The van der Waals surface area contributed by atoms with Gasteiger partial charge in [-0.1, -0.05) is 11.6 Å². The van der Waals surface area contributed by atoms with Crippen molar-refractivity contribution in [3.63, 3.8) is 0 Å². The number of fused-ring (bicyclic) bond motifs is 1. The molecule has 1 amide bonds. The van der Waals surface area contributed by atoms with Crippen LogP contribution in [0.1, 0.15) is 49.2 Å². The van der Waals surface area contributed by atoms with E-state index in [1.165, 1.54) is 12.2 Å². The lowest BCUT2D eigenvalue weighted by Crippen LogP contribution is -2.34. The first-order chi connectivity index (χ1) is 17.4. The highest BCUT2D eigenvalue weighted by molar-refractivity contribution is 6.31. The van der Waals surface area contributed by atoms with Gasteiger partial charge in [-0.3, -0.25) is 4.79 Å². The van der Waals surface area contributed by atoms with Crippen LogP contribution in [0, 0.1) is 12.3 Å². The lowest BCUT2D eigenvalue weighted by atomic mass is 10.0. The van der Waals surface area contributed by atoms with E-state index in [4.69, 9.17) is 26.3 Å². The second-order valence-corrected chi connectivity index (χ2v) is 10.8. The first-order valence-electron chi connectivity index (χ1n) is 12.7. The Balaban J connectivity index is 1.17. The largest absolute Gasteiger partial charge is 0.481 e. The number of pyridine rings is 2. The number of imidazole rings is 1. The summed E-state index contributed by atoms with van der Waals surface area (Å²) < 4.78 is 7.49. The molecule has 188 valence electrons. The van der Waals surface area contributed by atoms with Gasteiger partial charge in [0.15, 0.2) is 0 Å². The van der Waals surface area contributed by atoms with Crippen LogP contribution in [0.3, 0.4) is 0 Å². The number of carbonyl (C=O) groups excluding carboxylic acids is 1. The van der Waals surface area contributed by atoms with Crippen molar-refractivity contribution in [2.75, 3.05) is 25.5 Å². The predicted molar refractivity (Wildman–Crippen MR) is 138 cm³/mol. The third kappa shape index (κ3) is 4.01. The van der Waals surface area contributed by atoms with Gasteiger partial charge < -0.3 is 19.5 Å². The molecule has 36 heavy (non-hydrogen) atoms. The van der Waals surface area contributed by atoms with Crippen LogP contribution in [0.4, 0.5) is 5.82 Å². The molecule has 3 aromatic heterocycles. The molecule has 0 unspecified atom stereocenters. The van der Waals surface area contributed by atoms with Crippen LogP contribution in [-0.2, 0) is 17.8 Å². The van der Waals surface area contributed by atoms with Crippen molar-refractivity contribution in [2.24, 2.45) is 5.41 Å². The molecule has 0 aromatic carbocycles. The zero-order chi connectivity index (χ0) is 25.0. The molecule has 1 saturated heterocycles. The molecule has 1 aliphatic carbocycles. The molecule has 1 saturated carbocycles. The molecule has 2 aliphatic heterocycles. The standard InChI is InChI=1S/C27H31ClN6O2/c1-16(19-11-25(36-3)29-12-20(19)28)26(35)34-14-22(27(15-34)8-9-27)32-23-7-6-18(17(2)30-23)21-13-33-10-4-5-24(33)31-21/h6-7,11-13,16,22H,4-5,8-10,14-15H2,1-3H3,(H,30,32)/t16-,22-/m1/s1. The van der Waals surface area contributed by atoms with Crippen molar-refractivity contribution in [3.05, 3.63) is 52.7 Å². The van der Waals surface area contributed by atoms with E-state index in [0.29, 0.717) is 17.4 Å². The Labute approximate surface area is 216 Å². The predicted octanol–water partition coefficient (Wildman–Crippen LogP) is 4.46. The first kappa shape index (κ1) is 23.3. The minimum Gasteiger partial charge on any atom is -0.481 e. The molecule has 5 heterocycles. The van der Waals surface area contributed by atoms with Crippen molar-refractivity contribution in [1.82, 2.24) is 24.4 Å². The van der Waals surface area contributed by atoms with Gasteiger partial charge in [0, 0.05) is 61.2 Å². The van der Waals surface area contributed by atoms with Crippen LogP contribution in [-0.4, -0.2) is 56.6 Å². The summed E-state index contributed by atoms with van der Waals surface area (Å²) in [6.45, 7) is 6.40. The average Bonchev–Trinajstić information content (AvgIpc) is 3.16. The number of aryl methyl sites for hydroxylation is 3. The minimum absolute atomic E-state index is 0.0769. The fraction of sp³-hybridized carbons (Fsp3) is 0.481. The van der Waals surface area contributed by atoms with Crippen molar-refractivity contribution < 1.29 is 9.53 Å². The number of carbonyl (C=O) groups is 1. The maximum absolute atomic E-state index is 13.5. The van der Waals surface area contributed by atoms with Gasteiger partial charge in [-0.05, 0) is 50.8 Å². The maximum atomic E-state index is 13.5. The molecular formula is C27H31ClN6O2. The molecule has 9 heteroatoms. The van der Waals surface area contributed by atoms with Gasteiger partial charge in [0.2, 0.25) is 11.8 Å². The van der Waals surface area contributed by atoms with Crippen molar-refractivity contribution in [1.29, 1.82) is 0 Å². The van der Waals surface area contributed by atoms with Crippen LogP contribution in [0.5, 0.6) is 5.88 Å². The summed E-state index contributed by atoms with van der Waals surface area (Å²) in [5.74, 6) is 2.18. The minimum atomic E-state index is -0.375. The maximum Gasteiger partial charge on any atom is 0.229 e. The highest BCUT2D eigenvalue weighted by Crippen LogP contribution is 2.54. The molecule has 0 bridgehead atoms. The van der Waals surface area contributed by atoms with Crippen molar-refractivity contribution in [3.8, 4) is 17.1 Å². The van der Waals surface area contributed by atoms with Crippen molar-refractivity contribution in [2.45, 2.75) is 58.0 Å². The number of rotatable bonds is 6. The van der Waals surface area contributed by atoms with Crippen LogP contribution >= 0.6 is 11.6 Å². The van der Waals surface area contributed by atoms with Crippen LogP contribution in [0.2, 0.25) is 5.02 Å². The van der Waals surface area contributed by atoms with E-state index >= 15 is 0 Å². The Bertz CT molecular complexity index is 1310. The summed E-state index contributed by atoms with van der Waals surface area (Å²) in [6, 6.07) is 6.08. The van der Waals surface area contributed by atoms with Gasteiger partial charge in [-0.15, -0.1) is 0 Å². The number of likely N-dealkylation sites (tertiary alicyclic amines) is 1. The van der Waals surface area contributed by atoms with Crippen LogP contribution < -0.4 is 10.1 Å². The molecule has 8 nitrogen and oxygen atoms in total. The Hall–Kier alpha value is -3.13. The monoisotopic (exact) mass is 506 g/mol. The molecule has 2 atom stereocenters. The van der Waals surface area contributed by atoms with Gasteiger partial charge >= 0.3 is 0 Å². The first-order valence-corrected chi connectivity index (χ1v) is 13.0. The number of anilines is 1. The SMILES string of the molecule is COc1cc([C@@H](C)C(=O)N2C[C@@H](Nc3ccc(-c4cn5c(n4)CCC5)c(C)n3)C3(CC3)C2)c(Cl)cn1. The molecular weight excluding hydrogens is 476 g/mol.